The molecule has 0 radical (unpaired) electrons. The van der Waals surface area contributed by atoms with Crippen LogP contribution in [0, 0.1) is 5.82 Å². The zero-order valence-corrected chi connectivity index (χ0v) is 11.6. The summed E-state index contributed by atoms with van der Waals surface area (Å²) in [5.74, 6) is -0.447. The van der Waals surface area contributed by atoms with Crippen LogP contribution in [-0.4, -0.2) is 37.5 Å². The maximum atomic E-state index is 13.0. The van der Waals surface area contributed by atoms with Crippen LogP contribution in [-0.2, 0) is 4.74 Å². The van der Waals surface area contributed by atoms with E-state index in [0.717, 1.165) is 5.69 Å². The lowest BCUT2D eigenvalue weighted by molar-refractivity contribution is 0.00927. The molecule has 1 unspecified atom stereocenters. The van der Waals surface area contributed by atoms with Gasteiger partial charge in [0.25, 0.3) is 0 Å². The number of nitrogens with zero attached hydrogens (tertiary/aromatic N) is 1. The Morgan fingerprint density at radius 3 is 2.67 bits per heavy atom. The van der Waals surface area contributed by atoms with Gasteiger partial charge in [-0.25, -0.2) is 4.39 Å². The van der Waals surface area contributed by atoms with Crippen LogP contribution in [0.3, 0.4) is 0 Å². The number of likely N-dealkylation sites (N-methyl/N-ethyl adjacent to an activating group) is 1. The van der Waals surface area contributed by atoms with Crippen LogP contribution in [0.4, 0.5) is 10.1 Å². The summed E-state index contributed by atoms with van der Waals surface area (Å²) in [6, 6.07) is 4.47. The van der Waals surface area contributed by atoms with Crippen LogP contribution in [0.1, 0.15) is 13.8 Å². The summed E-state index contributed by atoms with van der Waals surface area (Å²) in [5.41, 5.74) is 0.755. The summed E-state index contributed by atoms with van der Waals surface area (Å²) in [5, 5.41) is 9.86. The van der Waals surface area contributed by atoms with Crippen LogP contribution in [0.5, 0.6) is 0 Å². The Balaban J connectivity index is 2.53. The van der Waals surface area contributed by atoms with E-state index in [2.05, 4.69) is 0 Å². The van der Waals surface area contributed by atoms with Crippen LogP contribution in [0.25, 0.3) is 0 Å². The lowest BCUT2D eigenvalue weighted by Crippen LogP contribution is -2.32. The summed E-state index contributed by atoms with van der Waals surface area (Å²) < 4.78 is 18.3. The molecule has 0 fully saturated rings. The molecule has 0 heterocycles. The molecule has 3 nitrogen and oxygen atoms in total. The Morgan fingerprint density at radius 2 is 2.11 bits per heavy atom. The molecular formula is C13H19ClFNO2. The highest BCUT2D eigenvalue weighted by Gasteiger charge is 2.11. The predicted molar refractivity (Wildman–Crippen MR) is 71.8 cm³/mol. The molecule has 18 heavy (non-hydrogen) atoms. The highest BCUT2D eigenvalue weighted by molar-refractivity contribution is 6.31. The molecule has 5 heteroatoms. The molecule has 102 valence electrons. The average Bonchev–Trinajstić information content (AvgIpc) is 2.30. The van der Waals surface area contributed by atoms with Crippen molar-refractivity contribution in [2.24, 2.45) is 0 Å². The fourth-order valence-electron chi connectivity index (χ4n) is 1.50. The first-order valence-corrected chi connectivity index (χ1v) is 6.23. The van der Waals surface area contributed by atoms with Crippen molar-refractivity contribution in [1.29, 1.82) is 0 Å². The normalized spacial score (nSPS) is 12.8. The van der Waals surface area contributed by atoms with Gasteiger partial charge in [0.05, 0.1) is 23.8 Å². The third-order valence-electron chi connectivity index (χ3n) is 2.45. The quantitative estimate of drug-likeness (QED) is 0.866. The maximum Gasteiger partial charge on any atom is 0.141 e. The number of benzene rings is 1. The van der Waals surface area contributed by atoms with Gasteiger partial charge in [-0.2, -0.15) is 0 Å². The first-order chi connectivity index (χ1) is 8.40. The van der Waals surface area contributed by atoms with E-state index in [1.165, 1.54) is 12.1 Å². The number of hydrogen-bond acceptors (Lipinski definition) is 3. The molecule has 1 atom stereocenters. The molecule has 1 aromatic carbocycles. The minimum atomic E-state index is -0.596. The lowest BCUT2D eigenvalue weighted by Gasteiger charge is -2.23. The van der Waals surface area contributed by atoms with E-state index < -0.39 is 11.9 Å². The van der Waals surface area contributed by atoms with Crippen LogP contribution in [0.15, 0.2) is 18.2 Å². The van der Waals surface area contributed by atoms with E-state index >= 15 is 0 Å². The summed E-state index contributed by atoms with van der Waals surface area (Å²) in [6.45, 7) is 4.50. The van der Waals surface area contributed by atoms with Gasteiger partial charge in [-0.05, 0) is 32.0 Å². The van der Waals surface area contributed by atoms with Gasteiger partial charge in [0.15, 0.2) is 0 Å². The third-order valence-corrected chi connectivity index (χ3v) is 2.74. The highest BCUT2D eigenvalue weighted by atomic mass is 35.5. The molecule has 1 rings (SSSR count). The molecule has 1 aromatic rings. The molecule has 0 saturated heterocycles. The lowest BCUT2D eigenvalue weighted by atomic mass is 10.2. The fraction of sp³-hybridized carbons (Fsp3) is 0.538. The van der Waals surface area contributed by atoms with Crippen molar-refractivity contribution in [2.45, 2.75) is 26.1 Å². The second-order valence-corrected chi connectivity index (χ2v) is 4.92. The maximum absolute atomic E-state index is 13.0. The van der Waals surface area contributed by atoms with Gasteiger partial charge in [-0.3, -0.25) is 0 Å². The van der Waals surface area contributed by atoms with E-state index in [1.54, 1.807) is 11.0 Å². The Hall–Kier alpha value is -0.840. The van der Waals surface area contributed by atoms with Crippen molar-refractivity contribution in [2.75, 3.05) is 25.1 Å². The summed E-state index contributed by atoms with van der Waals surface area (Å²) >= 11 is 5.71. The molecule has 0 aromatic heterocycles. The minimum Gasteiger partial charge on any atom is -0.389 e. The number of rotatable bonds is 6. The Kier molecular flexibility index (Phi) is 5.85. The zero-order valence-electron chi connectivity index (χ0n) is 10.9. The van der Waals surface area contributed by atoms with E-state index in [4.69, 9.17) is 16.3 Å². The Morgan fingerprint density at radius 1 is 1.44 bits per heavy atom. The van der Waals surface area contributed by atoms with E-state index in [1.807, 2.05) is 20.9 Å². The second kappa shape index (κ2) is 6.92. The first kappa shape index (κ1) is 15.2. The predicted octanol–water partition coefficient (Wildman–Crippen LogP) is 2.70. The summed E-state index contributed by atoms with van der Waals surface area (Å²) in [7, 11) is 1.81. The van der Waals surface area contributed by atoms with Gasteiger partial charge >= 0.3 is 0 Å². The average molecular weight is 276 g/mol. The number of aliphatic hydroxyl groups excluding tert-OH is 1. The monoisotopic (exact) mass is 275 g/mol. The topological polar surface area (TPSA) is 32.7 Å². The van der Waals surface area contributed by atoms with E-state index in [0.29, 0.717) is 6.54 Å². The number of anilines is 1. The number of hydrogen-bond donors (Lipinski definition) is 1. The summed E-state index contributed by atoms with van der Waals surface area (Å²) in [4.78, 5) is 1.81. The molecular weight excluding hydrogens is 257 g/mol. The van der Waals surface area contributed by atoms with Crippen molar-refractivity contribution in [3.63, 3.8) is 0 Å². The van der Waals surface area contributed by atoms with Gasteiger partial charge in [0.1, 0.15) is 5.82 Å². The van der Waals surface area contributed by atoms with Gasteiger partial charge < -0.3 is 14.7 Å². The standard InChI is InChI=1S/C13H19ClFNO2/c1-9(2)18-8-11(17)7-16(3)10-4-5-13(15)12(14)6-10/h4-6,9,11,17H,7-8H2,1-3H3. The van der Waals surface area contributed by atoms with Crippen LogP contribution in [0.2, 0.25) is 5.02 Å². The van der Waals surface area contributed by atoms with Gasteiger partial charge in [-0.15, -0.1) is 0 Å². The molecule has 0 aliphatic rings. The molecule has 0 saturated carbocycles. The van der Waals surface area contributed by atoms with Crippen molar-refractivity contribution >= 4 is 17.3 Å². The number of halogens is 2. The Labute approximate surface area is 112 Å². The number of aliphatic hydroxyl groups is 1. The summed E-state index contributed by atoms with van der Waals surface area (Å²) in [6.07, 6.45) is -0.508. The molecule has 1 N–H and O–H groups in total. The minimum absolute atomic E-state index is 0.0762. The second-order valence-electron chi connectivity index (χ2n) is 4.51. The molecule has 0 amide bonds. The molecule has 0 aliphatic heterocycles. The van der Waals surface area contributed by atoms with E-state index in [-0.39, 0.29) is 17.7 Å². The van der Waals surface area contributed by atoms with Crippen molar-refractivity contribution in [3.05, 3.63) is 29.0 Å². The molecule has 0 spiro atoms. The van der Waals surface area contributed by atoms with Crippen LogP contribution < -0.4 is 4.90 Å². The van der Waals surface area contributed by atoms with Crippen molar-refractivity contribution in [3.8, 4) is 0 Å². The zero-order chi connectivity index (χ0) is 13.7. The van der Waals surface area contributed by atoms with Crippen molar-refractivity contribution in [1.82, 2.24) is 0 Å². The molecule has 0 bridgehead atoms. The third kappa shape index (κ3) is 4.80. The number of ether oxygens (including phenoxy) is 1. The Bertz CT molecular complexity index is 387. The molecule has 0 aliphatic carbocycles. The SMILES string of the molecule is CC(C)OCC(O)CN(C)c1ccc(F)c(Cl)c1. The highest BCUT2D eigenvalue weighted by Crippen LogP contribution is 2.21. The van der Waals surface area contributed by atoms with Gasteiger partial charge in [0, 0.05) is 19.3 Å². The van der Waals surface area contributed by atoms with Crippen molar-refractivity contribution < 1.29 is 14.2 Å². The smallest absolute Gasteiger partial charge is 0.141 e. The largest absolute Gasteiger partial charge is 0.389 e. The first-order valence-electron chi connectivity index (χ1n) is 5.86. The van der Waals surface area contributed by atoms with Gasteiger partial charge in [0.2, 0.25) is 0 Å². The van der Waals surface area contributed by atoms with Crippen LogP contribution >= 0.6 is 11.6 Å². The fourth-order valence-corrected chi connectivity index (χ4v) is 1.68. The van der Waals surface area contributed by atoms with Gasteiger partial charge in [-0.1, -0.05) is 11.6 Å². The van der Waals surface area contributed by atoms with E-state index in [9.17, 15) is 9.50 Å².